The van der Waals surface area contributed by atoms with Crippen molar-refractivity contribution in [1.82, 2.24) is 0 Å². The molecule has 88 valence electrons. The molecule has 1 aliphatic rings. The number of rotatable bonds is 1. The van der Waals surface area contributed by atoms with Gasteiger partial charge in [0.05, 0.1) is 7.11 Å². The van der Waals surface area contributed by atoms with Gasteiger partial charge in [-0.2, -0.15) is 0 Å². The molecule has 1 aliphatic carbocycles. The molecule has 1 aromatic rings. The Labute approximate surface area is 101 Å². The highest BCUT2D eigenvalue weighted by atomic mass is 35.5. The maximum absolute atomic E-state index is 11.7. The fraction of sp³-hybridized carbons (Fsp3) is 0.417. The molecule has 2 rings (SSSR count). The predicted octanol–water partition coefficient (Wildman–Crippen LogP) is 1.77. The van der Waals surface area contributed by atoms with Gasteiger partial charge in [-0.1, -0.05) is 24.3 Å². The Morgan fingerprint density at radius 3 is 2.81 bits per heavy atom. The van der Waals surface area contributed by atoms with Gasteiger partial charge in [0.15, 0.2) is 0 Å². The molecule has 2 N–H and O–H groups in total. The number of ether oxygens (including phenoxy) is 1. The van der Waals surface area contributed by atoms with Crippen molar-refractivity contribution in [2.24, 2.45) is 5.73 Å². The van der Waals surface area contributed by atoms with Gasteiger partial charge in [0.1, 0.15) is 5.54 Å². The first-order chi connectivity index (χ1) is 7.18. The maximum atomic E-state index is 11.7. The second-order valence-corrected chi connectivity index (χ2v) is 3.97. The minimum absolute atomic E-state index is 0. The Hall–Kier alpha value is -1.06. The lowest BCUT2D eigenvalue weighted by Gasteiger charge is -2.32. The summed E-state index contributed by atoms with van der Waals surface area (Å²) in [5, 5.41) is 0. The summed E-state index contributed by atoms with van der Waals surface area (Å²) in [4.78, 5) is 11.7. The molecular formula is C12H16ClNO2. The van der Waals surface area contributed by atoms with Crippen molar-refractivity contribution < 1.29 is 9.53 Å². The highest BCUT2D eigenvalue weighted by Crippen LogP contribution is 2.33. The number of fused-ring (bicyclic) bond motifs is 1. The zero-order chi connectivity index (χ0) is 10.9. The van der Waals surface area contributed by atoms with Crippen molar-refractivity contribution in [2.75, 3.05) is 7.11 Å². The zero-order valence-corrected chi connectivity index (χ0v) is 10.0. The van der Waals surface area contributed by atoms with Crippen LogP contribution in [0.1, 0.15) is 24.0 Å². The fourth-order valence-electron chi connectivity index (χ4n) is 2.26. The third-order valence-electron chi connectivity index (χ3n) is 3.06. The van der Waals surface area contributed by atoms with Crippen LogP contribution in [0.3, 0.4) is 0 Å². The van der Waals surface area contributed by atoms with Crippen molar-refractivity contribution in [2.45, 2.75) is 24.8 Å². The Morgan fingerprint density at radius 1 is 1.44 bits per heavy atom. The van der Waals surface area contributed by atoms with Gasteiger partial charge in [-0.25, -0.2) is 4.79 Å². The van der Waals surface area contributed by atoms with Gasteiger partial charge in [-0.3, -0.25) is 0 Å². The lowest BCUT2D eigenvalue weighted by Crippen LogP contribution is -2.48. The third-order valence-corrected chi connectivity index (χ3v) is 3.06. The van der Waals surface area contributed by atoms with Crippen LogP contribution in [0.5, 0.6) is 0 Å². The molecule has 1 aromatic carbocycles. The largest absolute Gasteiger partial charge is 0.467 e. The Morgan fingerprint density at radius 2 is 2.12 bits per heavy atom. The van der Waals surface area contributed by atoms with E-state index in [1.165, 1.54) is 7.11 Å². The smallest absolute Gasteiger partial charge is 0.330 e. The van der Waals surface area contributed by atoms with Gasteiger partial charge < -0.3 is 10.5 Å². The minimum atomic E-state index is -0.941. The molecule has 0 amide bonds. The third kappa shape index (κ3) is 1.93. The maximum Gasteiger partial charge on any atom is 0.330 e. The van der Waals surface area contributed by atoms with E-state index in [4.69, 9.17) is 10.5 Å². The first-order valence-electron chi connectivity index (χ1n) is 5.14. The van der Waals surface area contributed by atoms with Crippen LogP contribution in [-0.2, 0) is 21.5 Å². The molecule has 0 aliphatic heterocycles. The molecule has 0 saturated heterocycles. The van der Waals surface area contributed by atoms with E-state index < -0.39 is 5.54 Å². The quantitative estimate of drug-likeness (QED) is 0.763. The van der Waals surface area contributed by atoms with Crippen LogP contribution in [0.2, 0.25) is 0 Å². The van der Waals surface area contributed by atoms with Crippen LogP contribution in [0.4, 0.5) is 0 Å². The molecule has 0 radical (unpaired) electrons. The normalized spacial score (nSPS) is 22.9. The number of methoxy groups -OCH3 is 1. The minimum Gasteiger partial charge on any atom is -0.467 e. The predicted molar refractivity (Wildman–Crippen MR) is 64.5 cm³/mol. The Balaban J connectivity index is 0.00000128. The van der Waals surface area contributed by atoms with Crippen LogP contribution < -0.4 is 5.73 Å². The van der Waals surface area contributed by atoms with E-state index in [9.17, 15) is 4.79 Å². The summed E-state index contributed by atoms with van der Waals surface area (Å²) < 4.78 is 4.79. The summed E-state index contributed by atoms with van der Waals surface area (Å²) in [5.41, 5.74) is 7.29. The number of aryl methyl sites for hydroxylation is 1. The topological polar surface area (TPSA) is 52.3 Å². The lowest BCUT2D eigenvalue weighted by atomic mass is 9.77. The molecule has 0 saturated carbocycles. The molecule has 0 spiro atoms. The van der Waals surface area contributed by atoms with E-state index in [1.54, 1.807) is 0 Å². The van der Waals surface area contributed by atoms with E-state index in [-0.39, 0.29) is 18.4 Å². The summed E-state index contributed by atoms with van der Waals surface area (Å²) >= 11 is 0. The number of esters is 1. The number of hydrogen-bond donors (Lipinski definition) is 1. The van der Waals surface area contributed by atoms with Gasteiger partial charge in [-0.15, -0.1) is 12.4 Å². The van der Waals surface area contributed by atoms with E-state index in [2.05, 4.69) is 0 Å². The molecule has 0 heterocycles. The molecule has 16 heavy (non-hydrogen) atoms. The Kier molecular flexibility index (Phi) is 3.94. The molecule has 1 atom stereocenters. The number of hydrogen-bond acceptors (Lipinski definition) is 3. The Bertz CT molecular complexity index is 394. The molecule has 3 nitrogen and oxygen atoms in total. The van der Waals surface area contributed by atoms with Gasteiger partial charge in [0.2, 0.25) is 0 Å². The summed E-state index contributed by atoms with van der Waals surface area (Å²) in [6, 6.07) is 7.83. The van der Waals surface area contributed by atoms with E-state index in [0.717, 1.165) is 24.0 Å². The van der Waals surface area contributed by atoms with Crippen molar-refractivity contribution in [3.05, 3.63) is 35.4 Å². The standard InChI is InChI=1S/C12H15NO2.ClH/c1-15-11(14)12(13)8-4-6-9-5-2-3-7-10(9)12;/h2-3,5,7H,4,6,8,13H2,1H3;1H. The summed E-state index contributed by atoms with van der Waals surface area (Å²) in [5.74, 6) is -0.338. The van der Waals surface area contributed by atoms with Crippen LogP contribution in [0.25, 0.3) is 0 Å². The fourth-order valence-corrected chi connectivity index (χ4v) is 2.26. The number of benzene rings is 1. The van der Waals surface area contributed by atoms with Crippen LogP contribution in [-0.4, -0.2) is 13.1 Å². The first kappa shape index (κ1) is 13.0. The second kappa shape index (κ2) is 4.85. The molecular weight excluding hydrogens is 226 g/mol. The first-order valence-corrected chi connectivity index (χ1v) is 5.14. The van der Waals surface area contributed by atoms with Crippen molar-refractivity contribution in [1.29, 1.82) is 0 Å². The number of halogens is 1. The van der Waals surface area contributed by atoms with E-state index in [0.29, 0.717) is 6.42 Å². The van der Waals surface area contributed by atoms with E-state index >= 15 is 0 Å². The molecule has 0 bridgehead atoms. The summed E-state index contributed by atoms with van der Waals surface area (Å²) in [6.07, 6.45) is 2.59. The van der Waals surface area contributed by atoms with Gasteiger partial charge in [-0.05, 0) is 30.4 Å². The van der Waals surface area contributed by atoms with Crippen molar-refractivity contribution in [3.8, 4) is 0 Å². The average molecular weight is 242 g/mol. The van der Waals surface area contributed by atoms with Gasteiger partial charge >= 0.3 is 5.97 Å². The van der Waals surface area contributed by atoms with Crippen LogP contribution >= 0.6 is 12.4 Å². The number of carbonyl (C=O) groups excluding carboxylic acids is 1. The monoisotopic (exact) mass is 241 g/mol. The van der Waals surface area contributed by atoms with Gasteiger partial charge in [0.25, 0.3) is 0 Å². The number of nitrogens with two attached hydrogens (primary N) is 1. The highest BCUT2D eigenvalue weighted by Gasteiger charge is 2.40. The van der Waals surface area contributed by atoms with Gasteiger partial charge in [0, 0.05) is 0 Å². The average Bonchev–Trinajstić information content (AvgIpc) is 2.28. The summed E-state index contributed by atoms with van der Waals surface area (Å²) in [6.45, 7) is 0. The SMILES string of the molecule is COC(=O)C1(N)CCCc2ccccc21.Cl. The van der Waals surface area contributed by atoms with E-state index in [1.807, 2.05) is 24.3 Å². The molecule has 4 heteroatoms. The molecule has 0 aromatic heterocycles. The number of carbonyl (C=O) groups is 1. The second-order valence-electron chi connectivity index (χ2n) is 3.97. The molecule has 0 fully saturated rings. The summed E-state index contributed by atoms with van der Waals surface area (Å²) in [7, 11) is 1.38. The zero-order valence-electron chi connectivity index (χ0n) is 9.23. The lowest BCUT2D eigenvalue weighted by molar-refractivity contribution is -0.148. The van der Waals surface area contributed by atoms with Crippen molar-refractivity contribution >= 4 is 18.4 Å². The molecule has 1 unspecified atom stereocenters. The highest BCUT2D eigenvalue weighted by molar-refractivity contribution is 5.85. The van der Waals surface area contributed by atoms with Crippen LogP contribution in [0.15, 0.2) is 24.3 Å². The van der Waals surface area contributed by atoms with Crippen molar-refractivity contribution in [3.63, 3.8) is 0 Å². The van der Waals surface area contributed by atoms with Crippen LogP contribution in [0, 0.1) is 0 Å².